The zero-order valence-corrected chi connectivity index (χ0v) is 8.28. The maximum atomic E-state index is 11.5. The molecule has 1 aromatic rings. The van der Waals surface area contributed by atoms with Crippen LogP contribution in [0.3, 0.4) is 0 Å². The van der Waals surface area contributed by atoms with Crippen LogP contribution in [-0.4, -0.2) is 28.8 Å². The van der Waals surface area contributed by atoms with E-state index in [1.165, 1.54) is 6.20 Å². The van der Waals surface area contributed by atoms with Crippen LogP contribution in [0.5, 0.6) is 0 Å². The highest BCUT2D eigenvalue weighted by Gasteiger charge is 2.16. The third-order valence-electron chi connectivity index (χ3n) is 2.00. The fraction of sp³-hybridized carbons (Fsp3) is 0.556. The number of aryl methyl sites for hydroxylation is 1. The number of aromatic nitrogens is 1. The van der Waals surface area contributed by atoms with Gasteiger partial charge in [0, 0.05) is 5.56 Å². The summed E-state index contributed by atoms with van der Waals surface area (Å²) in [4.78, 5) is 11.5. The van der Waals surface area contributed by atoms with Crippen LogP contribution in [0, 0.1) is 6.92 Å². The van der Waals surface area contributed by atoms with Crippen molar-refractivity contribution < 1.29 is 14.4 Å². The Hall–Kier alpha value is -1.36. The molecule has 1 amide bonds. The molecule has 0 aliphatic carbocycles. The maximum Gasteiger partial charge on any atom is 0.290 e. The number of aliphatic hydroxyl groups excluding tert-OH is 1. The molecular weight excluding hydrogens is 184 g/mol. The van der Waals surface area contributed by atoms with Gasteiger partial charge in [-0.15, -0.1) is 0 Å². The predicted octanol–water partition coefficient (Wildman–Crippen LogP) is 0.484. The zero-order valence-electron chi connectivity index (χ0n) is 8.28. The van der Waals surface area contributed by atoms with Gasteiger partial charge in [0.15, 0.2) is 0 Å². The van der Waals surface area contributed by atoms with Crippen LogP contribution >= 0.6 is 0 Å². The standard InChI is InChI=1S/C9H14N2O3/c1-3-7(5-12)11-9(13)8-6(2)4-10-14-8/h4,7,12H,3,5H2,1-2H3,(H,11,13). The smallest absolute Gasteiger partial charge is 0.290 e. The van der Waals surface area contributed by atoms with Gasteiger partial charge in [0.1, 0.15) is 0 Å². The summed E-state index contributed by atoms with van der Waals surface area (Å²) in [5, 5.41) is 15.0. The summed E-state index contributed by atoms with van der Waals surface area (Å²) in [6, 6.07) is -0.230. The number of aliphatic hydroxyl groups is 1. The van der Waals surface area contributed by atoms with Gasteiger partial charge >= 0.3 is 0 Å². The van der Waals surface area contributed by atoms with E-state index in [9.17, 15) is 4.79 Å². The minimum atomic E-state index is -0.332. The van der Waals surface area contributed by atoms with Gasteiger partial charge < -0.3 is 14.9 Å². The Bertz CT molecular complexity index is 305. The first-order chi connectivity index (χ1) is 6.69. The topological polar surface area (TPSA) is 75.4 Å². The van der Waals surface area contributed by atoms with Gasteiger partial charge in [-0.1, -0.05) is 12.1 Å². The number of hydrogen-bond donors (Lipinski definition) is 2. The molecule has 78 valence electrons. The third kappa shape index (κ3) is 2.32. The lowest BCUT2D eigenvalue weighted by Gasteiger charge is -2.12. The first-order valence-corrected chi connectivity index (χ1v) is 4.52. The second kappa shape index (κ2) is 4.76. The van der Waals surface area contributed by atoms with E-state index in [1.54, 1.807) is 6.92 Å². The molecule has 0 aliphatic rings. The number of carbonyl (C=O) groups excluding carboxylic acids is 1. The van der Waals surface area contributed by atoms with Crippen molar-refractivity contribution in [2.45, 2.75) is 26.3 Å². The first-order valence-electron chi connectivity index (χ1n) is 4.52. The molecular formula is C9H14N2O3. The minimum Gasteiger partial charge on any atom is -0.394 e. The SMILES string of the molecule is CCC(CO)NC(=O)c1oncc1C. The predicted molar refractivity (Wildman–Crippen MR) is 49.9 cm³/mol. The van der Waals surface area contributed by atoms with Gasteiger partial charge in [-0.25, -0.2) is 0 Å². The van der Waals surface area contributed by atoms with E-state index >= 15 is 0 Å². The average molecular weight is 198 g/mol. The van der Waals surface area contributed by atoms with E-state index in [4.69, 9.17) is 9.63 Å². The summed E-state index contributed by atoms with van der Waals surface area (Å²) in [6.45, 7) is 3.55. The van der Waals surface area contributed by atoms with Gasteiger partial charge in [-0.3, -0.25) is 4.79 Å². The lowest BCUT2D eigenvalue weighted by Crippen LogP contribution is -2.37. The first kappa shape index (κ1) is 10.7. The second-order valence-corrected chi connectivity index (χ2v) is 3.10. The van der Waals surface area contributed by atoms with Crippen molar-refractivity contribution in [2.24, 2.45) is 0 Å². The Labute approximate surface area is 82.1 Å². The van der Waals surface area contributed by atoms with Gasteiger partial charge in [-0.2, -0.15) is 0 Å². The molecule has 1 atom stereocenters. The molecule has 1 rings (SSSR count). The van der Waals surface area contributed by atoms with Gasteiger partial charge in [-0.05, 0) is 13.3 Å². The minimum absolute atomic E-state index is 0.0740. The van der Waals surface area contributed by atoms with Crippen molar-refractivity contribution in [3.8, 4) is 0 Å². The molecule has 2 N–H and O–H groups in total. The van der Waals surface area contributed by atoms with Crippen LogP contribution in [0.4, 0.5) is 0 Å². The quantitative estimate of drug-likeness (QED) is 0.738. The van der Waals surface area contributed by atoms with Crippen molar-refractivity contribution in [1.29, 1.82) is 0 Å². The molecule has 1 heterocycles. The van der Waals surface area contributed by atoms with E-state index in [2.05, 4.69) is 10.5 Å². The number of hydrogen-bond acceptors (Lipinski definition) is 4. The van der Waals surface area contributed by atoms with Crippen molar-refractivity contribution in [2.75, 3.05) is 6.61 Å². The molecule has 5 nitrogen and oxygen atoms in total. The van der Waals surface area contributed by atoms with E-state index < -0.39 is 0 Å². The number of rotatable bonds is 4. The lowest BCUT2D eigenvalue weighted by atomic mass is 10.2. The fourth-order valence-electron chi connectivity index (χ4n) is 1.04. The number of nitrogens with zero attached hydrogens (tertiary/aromatic N) is 1. The molecule has 1 unspecified atom stereocenters. The molecule has 5 heteroatoms. The van der Waals surface area contributed by atoms with Crippen molar-refractivity contribution >= 4 is 5.91 Å². The van der Waals surface area contributed by atoms with Gasteiger partial charge in [0.2, 0.25) is 5.76 Å². The monoisotopic (exact) mass is 198 g/mol. The average Bonchev–Trinajstić information content (AvgIpc) is 2.60. The highest BCUT2D eigenvalue weighted by Crippen LogP contribution is 2.06. The second-order valence-electron chi connectivity index (χ2n) is 3.10. The van der Waals surface area contributed by atoms with Gasteiger partial charge in [0.05, 0.1) is 18.8 Å². The summed E-state index contributed by atoms with van der Waals surface area (Å²) in [5.41, 5.74) is 0.690. The molecule has 0 bridgehead atoms. The van der Waals surface area contributed by atoms with E-state index in [0.29, 0.717) is 12.0 Å². The Morgan fingerprint density at radius 1 is 1.79 bits per heavy atom. The van der Waals surface area contributed by atoms with Crippen LogP contribution < -0.4 is 5.32 Å². The van der Waals surface area contributed by atoms with Crippen LogP contribution in [0.25, 0.3) is 0 Å². The molecule has 0 saturated heterocycles. The van der Waals surface area contributed by atoms with Crippen molar-refractivity contribution in [1.82, 2.24) is 10.5 Å². The highest BCUT2D eigenvalue weighted by molar-refractivity contribution is 5.92. The van der Waals surface area contributed by atoms with E-state index in [-0.39, 0.29) is 24.3 Å². The summed E-state index contributed by atoms with van der Waals surface area (Å²) in [6.07, 6.45) is 2.16. The Kier molecular flexibility index (Phi) is 3.64. The van der Waals surface area contributed by atoms with Gasteiger partial charge in [0.25, 0.3) is 5.91 Å². The molecule has 1 aromatic heterocycles. The molecule has 0 fully saturated rings. The molecule has 0 aliphatic heterocycles. The zero-order chi connectivity index (χ0) is 10.6. The maximum absolute atomic E-state index is 11.5. The Morgan fingerprint density at radius 2 is 2.50 bits per heavy atom. The number of amides is 1. The molecule has 14 heavy (non-hydrogen) atoms. The Balaban J connectivity index is 2.63. The third-order valence-corrected chi connectivity index (χ3v) is 2.00. The van der Waals surface area contributed by atoms with Crippen LogP contribution in [0.1, 0.15) is 29.5 Å². The summed E-state index contributed by atoms with van der Waals surface area (Å²) in [7, 11) is 0. The molecule has 0 aromatic carbocycles. The van der Waals surface area contributed by atoms with Crippen LogP contribution in [0.15, 0.2) is 10.7 Å². The highest BCUT2D eigenvalue weighted by atomic mass is 16.5. The molecule has 0 radical (unpaired) electrons. The summed E-state index contributed by atoms with van der Waals surface area (Å²) in [5.74, 6) is -0.127. The summed E-state index contributed by atoms with van der Waals surface area (Å²) < 4.78 is 4.77. The lowest BCUT2D eigenvalue weighted by molar-refractivity contribution is 0.0877. The Morgan fingerprint density at radius 3 is 2.93 bits per heavy atom. The fourth-order valence-corrected chi connectivity index (χ4v) is 1.04. The van der Waals surface area contributed by atoms with E-state index in [0.717, 1.165) is 0 Å². The normalized spacial score (nSPS) is 12.5. The number of carbonyl (C=O) groups is 1. The number of nitrogens with one attached hydrogen (secondary N) is 1. The molecule has 0 spiro atoms. The van der Waals surface area contributed by atoms with E-state index in [1.807, 2.05) is 6.92 Å². The summed E-state index contributed by atoms with van der Waals surface area (Å²) >= 11 is 0. The van der Waals surface area contributed by atoms with Crippen molar-refractivity contribution in [3.63, 3.8) is 0 Å². The largest absolute Gasteiger partial charge is 0.394 e. The molecule has 0 saturated carbocycles. The van der Waals surface area contributed by atoms with Crippen LogP contribution in [0.2, 0.25) is 0 Å². The van der Waals surface area contributed by atoms with Crippen LogP contribution in [-0.2, 0) is 0 Å². The van der Waals surface area contributed by atoms with Crippen molar-refractivity contribution in [3.05, 3.63) is 17.5 Å².